The molecule has 0 radical (unpaired) electrons. The summed E-state index contributed by atoms with van der Waals surface area (Å²) in [5, 5.41) is 5.72. The minimum atomic E-state index is -0.593. The van der Waals surface area contributed by atoms with E-state index in [9.17, 15) is 14.4 Å². The largest absolute Gasteiger partial charge is 0.378 e. The monoisotopic (exact) mass is 358 g/mol. The highest BCUT2D eigenvalue weighted by atomic mass is 16.5. The van der Waals surface area contributed by atoms with Crippen molar-refractivity contribution in [2.75, 3.05) is 13.2 Å². The highest BCUT2D eigenvalue weighted by Crippen LogP contribution is 2.29. The van der Waals surface area contributed by atoms with Gasteiger partial charge < -0.3 is 20.7 Å². The number of ether oxygens (including phenoxy) is 1. The highest BCUT2D eigenvalue weighted by molar-refractivity contribution is 6.05. The van der Waals surface area contributed by atoms with E-state index in [1.807, 2.05) is 12.1 Å². The number of nitrogens with zero attached hydrogens (tertiary/aromatic N) is 1. The maximum absolute atomic E-state index is 12.8. The molecule has 4 rings (SSSR count). The van der Waals surface area contributed by atoms with Gasteiger partial charge in [-0.1, -0.05) is 12.1 Å². The van der Waals surface area contributed by atoms with E-state index < -0.39 is 11.9 Å². The lowest BCUT2D eigenvalue weighted by Gasteiger charge is -2.29. The summed E-state index contributed by atoms with van der Waals surface area (Å²) in [5.41, 5.74) is 8.58. The van der Waals surface area contributed by atoms with E-state index in [1.165, 1.54) is 0 Å². The molecule has 8 nitrogen and oxygen atoms in total. The van der Waals surface area contributed by atoms with E-state index in [-0.39, 0.29) is 30.3 Å². The summed E-state index contributed by atoms with van der Waals surface area (Å²) >= 11 is 0. The maximum atomic E-state index is 12.8. The third-order valence-electron chi connectivity index (χ3n) is 5.36. The van der Waals surface area contributed by atoms with Gasteiger partial charge in [0.25, 0.3) is 5.91 Å². The van der Waals surface area contributed by atoms with Gasteiger partial charge in [-0.3, -0.25) is 19.7 Å². The molecule has 3 heterocycles. The van der Waals surface area contributed by atoms with Crippen molar-refractivity contribution in [2.45, 2.75) is 44.1 Å². The first kappa shape index (κ1) is 17.1. The number of nitrogens with two attached hydrogens (primary N) is 1. The molecule has 0 aromatic heterocycles. The Hall–Kier alpha value is -2.29. The average molecular weight is 358 g/mol. The molecule has 3 aliphatic heterocycles. The second-order valence-electron chi connectivity index (χ2n) is 7.03. The summed E-state index contributed by atoms with van der Waals surface area (Å²) in [7, 11) is 0. The van der Waals surface area contributed by atoms with Crippen LogP contribution in [0.25, 0.3) is 0 Å². The van der Waals surface area contributed by atoms with Gasteiger partial charge in [-0.05, 0) is 23.6 Å². The Labute approximate surface area is 151 Å². The first-order valence-corrected chi connectivity index (χ1v) is 8.86. The fourth-order valence-electron chi connectivity index (χ4n) is 3.84. The summed E-state index contributed by atoms with van der Waals surface area (Å²) in [6.45, 7) is 2.09. The van der Waals surface area contributed by atoms with Crippen LogP contribution in [0.5, 0.6) is 0 Å². The van der Waals surface area contributed by atoms with Crippen LogP contribution in [-0.2, 0) is 27.4 Å². The quantitative estimate of drug-likeness (QED) is 0.611. The van der Waals surface area contributed by atoms with Crippen molar-refractivity contribution >= 4 is 17.7 Å². The highest BCUT2D eigenvalue weighted by Gasteiger charge is 2.39. The van der Waals surface area contributed by atoms with Crippen molar-refractivity contribution in [1.82, 2.24) is 15.5 Å². The SMILES string of the molecule is N[C@@H]1COC[C@@H]1NCc1cccc2c1CN(C1CCC(=O)NC1=O)C2=O. The van der Waals surface area contributed by atoms with Crippen LogP contribution in [0.4, 0.5) is 0 Å². The molecule has 4 N–H and O–H groups in total. The number of nitrogens with one attached hydrogen (secondary N) is 2. The lowest BCUT2D eigenvalue weighted by molar-refractivity contribution is -0.136. The van der Waals surface area contributed by atoms with E-state index in [1.54, 1.807) is 11.0 Å². The molecule has 0 bridgehead atoms. The number of carbonyl (C=O) groups excluding carboxylic acids is 3. The zero-order valence-electron chi connectivity index (χ0n) is 14.4. The van der Waals surface area contributed by atoms with Crippen molar-refractivity contribution in [1.29, 1.82) is 0 Å². The van der Waals surface area contributed by atoms with Crippen LogP contribution < -0.4 is 16.4 Å². The van der Waals surface area contributed by atoms with Gasteiger partial charge in [0.05, 0.1) is 13.2 Å². The van der Waals surface area contributed by atoms with Gasteiger partial charge in [0.15, 0.2) is 0 Å². The minimum Gasteiger partial charge on any atom is -0.378 e. The summed E-state index contributed by atoms with van der Waals surface area (Å²) in [6.07, 6.45) is 0.622. The van der Waals surface area contributed by atoms with Crippen molar-refractivity contribution in [3.05, 3.63) is 34.9 Å². The second-order valence-corrected chi connectivity index (χ2v) is 7.03. The van der Waals surface area contributed by atoms with E-state index in [0.29, 0.717) is 38.3 Å². The Bertz CT molecular complexity index is 766. The van der Waals surface area contributed by atoms with Crippen LogP contribution in [-0.4, -0.2) is 54.0 Å². The van der Waals surface area contributed by atoms with Crippen LogP contribution in [0.2, 0.25) is 0 Å². The molecule has 2 fully saturated rings. The first-order chi connectivity index (χ1) is 12.5. The predicted octanol–water partition coefficient (Wildman–Crippen LogP) is -0.737. The van der Waals surface area contributed by atoms with Crippen LogP contribution in [0.15, 0.2) is 18.2 Å². The van der Waals surface area contributed by atoms with E-state index >= 15 is 0 Å². The topological polar surface area (TPSA) is 114 Å². The van der Waals surface area contributed by atoms with Crippen LogP contribution in [0.3, 0.4) is 0 Å². The van der Waals surface area contributed by atoms with Gasteiger partial charge >= 0.3 is 0 Å². The van der Waals surface area contributed by atoms with Gasteiger partial charge in [0, 0.05) is 37.2 Å². The Morgan fingerprint density at radius 3 is 2.85 bits per heavy atom. The molecular formula is C18H22N4O4. The number of benzene rings is 1. The zero-order chi connectivity index (χ0) is 18.3. The molecule has 1 aromatic carbocycles. The summed E-state index contributed by atoms with van der Waals surface area (Å²) in [6, 6.07) is 5.09. The summed E-state index contributed by atoms with van der Waals surface area (Å²) in [5.74, 6) is -0.830. The van der Waals surface area contributed by atoms with Gasteiger partial charge in [0.2, 0.25) is 11.8 Å². The molecule has 138 valence electrons. The maximum Gasteiger partial charge on any atom is 0.255 e. The molecule has 0 aliphatic carbocycles. The number of carbonyl (C=O) groups is 3. The Morgan fingerprint density at radius 1 is 1.27 bits per heavy atom. The molecule has 2 saturated heterocycles. The molecule has 0 spiro atoms. The zero-order valence-corrected chi connectivity index (χ0v) is 14.4. The van der Waals surface area contributed by atoms with Crippen molar-refractivity contribution in [3.63, 3.8) is 0 Å². The van der Waals surface area contributed by atoms with Crippen LogP contribution >= 0.6 is 0 Å². The Kier molecular flexibility index (Phi) is 4.47. The number of rotatable bonds is 4. The van der Waals surface area contributed by atoms with Gasteiger partial charge in [-0.2, -0.15) is 0 Å². The number of imide groups is 1. The molecule has 3 aliphatic rings. The third-order valence-corrected chi connectivity index (χ3v) is 5.36. The van der Waals surface area contributed by atoms with E-state index in [2.05, 4.69) is 10.6 Å². The first-order valence-electron chi connectivity index (χ1n) is 8.86. The fraction of sp³-hybridized carbons (Fsp3) is 0.500. The molecule has 1 aromatic rings. The summed E-state index contributed by atoms with van der Waals surface area (Å²) in [4.78, 5) is 37.9. The van der Waals surface area contributed by atoms with E-state index in [0.717, 1.165) is 11.1 Å². The normalized spacial score (nSPS) is 28.4. The number of hydrogen-bond acceptors (Lipinski definition) is 6. The van der Waals surface area contributed by atoms with E-state index in [4.69, 9.17) is 10.5 Å². The fourth-order valence-corrected chi connectivity index (χ4v) is 3.84. The lowest BCUT2D eigenvalue weighted by atomic mass is 10.0. The smallest absolute Gasteiger partial charge is 0.255 e. The molecule has 8 heteroatoms. The average Bonchev–Trinajstić information content (AvgIpc) is 3.17. The van der Waals surface area contributed by atoms with Crippen molar-refractivity contribution < 1.29 is 19.1 Å². The van der Waals surface area contributed by atoms with Crippen molar-refractivity contribution in [2.24, 2.45) is 5.73 Å². The summed E-state index contributed by atoms with van der Waals surface area (Å²) < 4.78 is 5.36. The number of fused-ring (bicyclic) bond motifs is 1. The number of hydrogen-bond donors (Lipinski definition) is 3. The molecule has 26 heavy (non-hydrogen) atoms. The molecular weight excluding hydrogens is 336 g/mol. The molecule has 3 atom stereocenters. The molecule has 1 unspecified atom stereocenters. The van der Waals surface area contributed by atoms with Crippen LogP contribution in [0, 0.1) is 0 Å². The Morgan fingerprint density at radius 2 is 2.12 bits per heavy atom. The predicted molar refractivity (Wildman–Crippen MR) is 91.9 cm³/mol. The lowest BCUT2D eigenvalue weighted by Crippen LogP contribution is -2.52. The van der Waals surface area contributed by atoms with Gasteiger partial charge in [0.1, 0.15) is 6.04 Å². The van der Waals surface area contributed by atoms with Gasteiger partial charge in [-0.25, -0.2) is 0 Å². The van der Waals surface area contributed by atoms with Crippen LogP contribution in [0.1, 0.15) is 34.3 Å². The number of amides is 3. The molecule has 0 saturated carbocycles. The minimum absolute atomic E-state index is 0.0339. The second kappa shape index (κ2) is 6.79. The Balaban J connectivity index is 1.50. The molecule has 3 amide bonds. The standard InChI is InChI=1S/C18H22N4O4/c19-13-8-26-9-14(13)20-6-10-2-1-3-11-12(10)7-22(18(11)25)15-4-5-16(23)21-17(15)24/h1-3,13-15,20H,4-9,19H2,(H,21,23,24)/t13-,14+,15?/m1/s1. The van der Waals surface area contributed by atoms with Crippen molar-refractivity contribution in [3.8, 4) is 0 Å². The van der Waals surface area contributed by atoms with Gasteiger partial charge in [-0.15, -0.1) is 0 Å². The number of piperidine rings is 1. The third kappa shape index (κ3) is 3.00.